The molecule has 1 aromatic heterocycles. The Morgan fingerprint density at radius 1 is 1.32 bits per heavy atom. The highest BCUT2D eigenvalue weighted by Crippen LogP contribution is 2.07. The second-order valence-corrected chi connectivity index (χ2v) is 5.66. The molecule has 7 nitrogen and oxygen atoms in total. The third-order valence-electron chi connectivity index (χ3n) is 2.29. The topological polar surface area (TPSA) is 93.2 Å². The van der Waals surface area contributed by atoms with Gasteiger partial charge in [-0.3, -0.25) is 0 Å². The third kappa shape index (κ3) is 5.09. The number of hydrogen-bond acceptors (Lipinski definition) is 6. The number of nitrogens with zero attached hydrogens (tertiary/aromatic N) is 2. The molecule has 0 saturated carbocycles. The Morgan fingerprint density at radius 2 is 1.95 bits per heavy atom. The molecule has 1 atom stereocenters. The highest BCUT2D eigenvalue weighted by atomic mass is 32.2. The van der Waals surface area contributed by atoms with E-state index in [0.29, 0.717) is 19.1 Å². The molecular weight excluding hydrogens is 268 g/mol. The Hall–Kier alpha value is -1.25. The van der Waals surface area contributed by atoms with Crippen molar-refractivity contribution in [3.63, 3.8) is 0 Å². The van der Waals surface area contributed by atoms with E-state index in [4.69, 9.17) is 4.74 Å². The maximum absolute atomic E-state index is 11.9. The van der Waals surface area contributed by atoms with E-state index in [9.17, 15) is 8.42 Å². The van der Waals surface area contributed by atoms with Gasteiger partial charge in [0.25, 0.3) is 0 Å². The van der Waals surface area contributed by atoms with Crippen molar-refractivity contribution in [1.82, 2.24) is 14.7 Å². The Kier molecular flexibility index (Phi) is 6.13. The first-order valence-corrected chi connectivity index (χ1v) is 7.65. The summed E-state index contributed by atoms with van der Waals surface area (Å²) in [6.07, 6.45) is 2.37. The molecule has 108 valence electrons. The molecule has 1 rings (SSSR count). The van der Waals surface area contributed by atoms with Gasteiger partial charge in [0.05, 0.1) is 18.5 Å². The molecule has 1 aromatic rings. The largest absolute Gasteiger partial charge is 0.377 e. The minimum Gasteiger partial charge on any atom is -0.377 e. The predicted octanol–water partition coefficient (Wildman–Crippen LogP) is 0.612. The molecule has 0 aliphatic carbocycles. The van der Waals surface area contributed by atoms with E-state index in [1.165, 1.54) is 12.4 Å². The van der Waals surface area contributed by atoms with Crippen molar-refractivity contribution in [2.24, 2.45) is 0 Å². The van der Waals surface area contributed by atoms with Crippen molar-refractivity contribution in [2.75, 3.05) is 25.0 Å². The number of aromatic nitrogens is 2. The van der Waals surface area contributed by atoms with Crippen molar-refractivity contribution in [1.29, 1.82) is 0 Å². The van der Waals surface area contributed by atoms with Crippen LogP contribution in [0, 0.1) is 0 Å². The lowest BCUT2D eigenvalue weighted by atomic mass is 10.4. The van der Waals surface area contributed by atoms with Crippen LogP contribution in [0.5, 0.6) is 0 Å². The molecule has 8 heteroatoms. The Labute approximate surface area is 113 Å². The molecule has 0 fully saturated rings. The average molecular weight is 288 g/mol. The monoisotopic (exact) mass is 288 g/mol. The van der Waals surface area contributed by atoms with Gasteiger partial charge in [0, 0.05) is 19.7 Å². The first-order valence-electron chi connectivity index (χ1n) is 6.16. The fraction of sp³-hybridized carbons (Fsp3) is 0.636. The van der Waals surface area contributed by atoms with E-state index < -0.39 is 10.0 Å². The van der Waals surface area contributed by atoms with Crippen LogP contribution in [-0.2, 0) is 14.8 Å². The van der Waals surface area contributed by atoms with Crippen LogP contribution in [0.15, 0.2) is 17.3 Å². The molecule has 0 bridgehead atoms. The van der Waals surface area contributed by atoms with Gasteiger partial charge < -0.3 is 10.1 Å². The number of anilines is 1. The zero-order valence-electron chi connectivity index (χ0n) is 11.4. The van der Waals surface area contributed by atoms with Gasteiger partial charge in [-0.2, -0.15) is 0 Å². The first-order chi connectivity index (χ1) is 8.99. The molecule has 0 radical (unpaired) electrons. The summed E-state index contributed by atoms with van der Waals surface area (Å²) in [5, 5.41) is 2.90. The number of ether oxygens (including phenoxy) is 1. The summed E-state index contributed by atoms with van der Waals surface area (Å²) in [6, 6.07) is 0. The predicted molar refractivity (Wildman–Crippen MR) is 72.5 cm³/mol. The number of rotatable bonds is 8. The second-order valence-electron chi connectivity index (χ2n) is 3.89. The van der Waals surface area contributed by atoms with Gasteiger partial charge in [-0.05, 0) is 20.8 Å². The first kappa shape index (κ1) is 15.8. The summed E-state index contributed by atoms with van der Waals surface area (Å²) in [5.41, 5.74) is 0. The molecular formula is C11H20N4O3S. The molecule has 0 spiro atoms. The highest BCUT2D eigenvalue weighted by molar-refractivity contribution is 7.89. The maximum Gasteiger partial charge on any atom is 0.243 e. The van der Waals surface area contributed by atoms with Crippen LogP contribution in [0.3, 0.4) is 0 Å². The smallest absolute Gasteiger partial charge is 0.243 e. The van der Waals surface area contributed by atoms with Gasteiger partial charge in [0.2, 0.25) is 16.0 Å². The fourth-order valence-corrected chi connectivity index (χ4v) is 2.36. The lowest BCUT2D eigenvalue weighted by Crippen LogP contribution is -2.32. The minimum atomic E-state index is -3.59. The summed E-state index contributed by atoms with van der Waals surface area (Å²) in [5.74, 6) is 0.407. The minimum absolute atomic E-state index is 0.0397. The zero-order chi connectivity index (χ0) is 14.3. The average Bonchev–Trinajstić information content (AvgIpc) is 2.38. The maximum atomic E-state index is 11.9. The zero-order valence-corrected chi connectivity index (χ0v) is 12.2. The van der Waals surface area contributed by atoms with Gasteiger partial charge in [-0.15, -0.1) is 0 Å². The second kappa shape index (κ2) is 7.37. The van der Waals surface area contributed by atoms with Crippen LogP contribution in [0.1, 0.15) is 20.8 Å². The molecule has 0 aliphatic rings. The van der Waals surface area contributed by atoms with Crippen LogP contribution in [0.2, 0.25) is 0 Å². The standard InChI is InChI=1S/C11H20N4O3S/c1-4-12-11-13-7-10(8-14-11)19(16,17)15-6-9(3)18-5-2/h7-9,15H,4-6H2,1-3H3,(H,12,13,14). The van der Waals surface area contributed by atoms with Crippen molar-refractivity contribution in [3.8, 4) is 0 Å². The van der Waals surface area contributed by atoms with E-state index in [-0.39, 0.29) is 17.5 Å². The Balaban J connectivity index is 2.66. The number of hydrogen-bond donors (Lipinski definition) is 2. The van der Waals surface area contributed by atoms with E-state index in [2.05, 4.69) is 20.0 Å². The summed E-state index contributed by atoms with van der Waals surface area (Å²) in [7, 11) is -3.59. The van der Waals surface area contributed by atoms with Crippen molar-refractivity contribution < 1.29 is 13.2 Å². The van der Waals surface area contributed by atoms with Crippen LogP contribution >= 0.6 is 0 Å². The normalized spacial score (nSPS) is 13.2. The van der Waals surface area contributed by atoms with Crippen LogP contribution in [-0.4, -0.2) is 44.2 Å². The molecule has 0 aliphatic heterocycles. The Bertz CT molecular complexity index is 475. The van der Waals surface area contributed by atoms with E-state index in [0.717, 1.165) is 0 Å². The summed E-state index contributed by atoms with van der Waals surface area (Å²) >= 11 is 0. The molecule has 0 amide bonds. The molecule has 0 aromatic carbocycles. The van der Waals surface area contributed by atoms with Crippen molar-refractivity contribution in [2.45, 2.75) is 31.8 Å². The third-order valence-corrected chi connectivity index (χ3v) is 3.66. The van der Waals surface area contributed by atoms with E-state index >= 15 is 0 Å². The molecule has 1 unspecified atom stereocenters. The van der Waals surface area contributed by atoms with Crippen LogP contribution < -0.4 is 10.0 Å². The Morgan fingerprint density at radius 3 is 2.47 bits per heavy atom. The summed E-state index contributed by atoms with van der Waals surface area (Å²) in [6.45, 7) is 7.00. The van der Waals surface area contributed by atoms with Crippen LogP contribution in [0.4, 0.5) is 5.95 Å². The molecule has 1 heterocycles. The number of nitrogens with one attached hydrogen (secondary N) is 2. The van der Waals surface area contributed by atoms with Crippen molar-refractivity contribution in [3.05, 3.63) is 12.4 Å². The lowest BCUT2D eigenvalue weighted by molar-refractivity contribution is 0.0799. The summed E-state index contributed by atoms with van der Waals surface area (Å²) in [4.78, 5) is 7.89. The van der Waals surface area contributed by atoms with Gasteiger partial charge in [0.15, 0.2) is 0 Å². The van der Waals surface area contributed by atoms with E-state index in [1.54, 1.807) is 6.92 Å². The van der Waals surface area contributed by atoms with Gasteiger partial charge in [0.1, 0.15) is 4.90 Å². The molecule has 19 heavy (non-hydrogen) atoms. The van der Waals surface area contributed by atoms with Gasteiger partial charge >= 0.3 is 0 Å². The lowest BCUT2D eigenvalue weighted by Gasteiger charge is -2.12. The molecule has 2 N–H and O–H groups in total. The quantitative estimate of drug-likeness (QED) is 0.728. The van der Waals surface area contributed by atoms with Gasteiger partial charge in [-0.25, -0.2) is 23.1 Å². The summed E-state index contributed by atoms with van der Waals surface area (Å²) < 4.78 is 31.6. The van der Waals surface area contributed by atoms with Crippen LogP contribution in [0.25, 0.3) is 0 Å². The van der Waals surface area contributed by atoms with E-state index in [1.807, 2.05) is 13.8 Å². The highest BCUT2D eigenvalue weighted by Gasteiger charge is 2.16. The number of sulfonamides is 1. The SMILES string of the molecule is CCNc1ncc(S(=O)(=O)NCC(C)OCC)cn1. The van der Waals surface area contributed by atoms with Gasteiger partial charge in [-0.1, -0.05) is 0 Å². The fourth-order valence-electron chi connectivity index (χ4n) is 1.36. The molecule has 0 saturated heterocycles. The van der Waals surface area contributed by atoms with Crippen molar-refractivity contribution >= 4 is 16.0 Å².